The number of nitrogens with one attached hydrogen (secondary N) is 2. The third kappa shape index (κ3) is 6.74. The van der Waals surface area contributed by atoms with Crippen molar-refractivity contribution in [3.63, 3.8) is 0 Å². The monoisotopic (exact) mass is 493 g/mol. The fourth-order valence-corrected chi connectivity index (χ4v) is 4.40. The van der Waals surface area contributed by atoms with E-state index in [0.29, 0.717) is 18.2 Å². The van der Waals surface area contributed by atoms with Crippen LogP contribution in [0.1, 0.15) is 13.3 Å². The molecule has 2 atom stereocenters. The standard InChI is InChI=1S/C22H25BrFN3O2S/c1-15(30-14-21(28)26-19-7-5-18(24)6-8-19)22(29)25-12-16-9-10-27(13-16)20-4-2-3-17(23)11-20/h2-8,11,15-16H,9-10,12-14H2,1H3,(H,25,29)(H,26,28). The van der Waals surface area contributed by atoms with Crippen LogP contribution in [-0.2, 0) is 9.59 Å². The summed E-state index contributed by atoms with van der Waals surface area (Å²) < 4.78 is 14.0. The molecule has 2 amide bonds. The van der Waals surface area contributed by atoms with E-state index in [-0.39, 0.29) is 28.6 Å². The summed E-state index contributed by atoms with van der Waals surface area (Å²) in [5, 5.41) is 5.39. The second-order valence-electron chi connectivity index (χ2n) is 7.33. The van der Waals surface area contributed by atoms with E-state index in [2.05, 4.69) is 43.6 Å². The molecule has 2 aromatic carbocycles. The molecule has 0 saturated carbocycles. The molecule has 2 N–H and O–H groups in total. The second-order valence-corrected chi connectivity index (χ2v) is 9.58. The molecule has 8 heteroatoms. The summed E-state index contributed by atoms with van der Waals surface area (Å²) in [5.41, 5.74) is 1.73. The molecule has 5 nitrogen and oxygen atoms in total. The lowest BCUT2D eigenvalue weighted by Gasteiger charge is -2.19. The number of amides is 2. The van der Waals surface area contributed by atoms with Gasteiger partial charge in [0.2, 0.25) is 11.8 Å². The van der Waals surface area contributed by atoms with Gasteiger partial charge in [-0.15, -0.1) is 11.8 Å². The Kier molecular flexibility index (Phi) is 8.16. The lowest BCUT2D eigenvalue weighted by molar-refractivity contribution is -0.120. The maximum atomic E-state index is 12.9. The molecular formula is C22H25BrFN3O2S. The van der Waals surface area contributed by atoms with Crippen LogP contribution in [0.4, 0.5) is 15.8 Å². The van der Waals surface area contributed by atoms with Crippen molar-refractivity contribution < 1.29 is 14.0 Å². The predicted octanol–water partition coefficient (Wildman–Crippen LogP) is 4.29. The summed E-state index contributed by atoms with van der Waals surface area (Å²) in [6.45, 7) is 4.33. The molecule has 0 aromatic heterocycles. The first-order chi connectivity index (χ1) is 14.4. The number of halogens is 2. The fourth-order valence-electron chi connectivity index (χ4n) is 3.30. The van der Waals surface area contributed by atoms with Gasteiger partial charge in [0.25, 0.3) is 0 Å². The molecule has 1 heterocycles. The highest BCUT2D eigenvalue weighted by atomic mass is 79.9. The van der Waals surface area contributed by atoms with Crippen molar-refractivity contribution in [2.45, 2.75) is 18.6 Å². The molecule has 0 bridgehead atoms. The normalized spacial score (nSPS) is 16.9. The van der Waals surface area contributed by atoms with Crippen LogP contribution in [0.25, 0.3) is 0 Å². The topological polar surface area (TPSA) is 61.4 Å². The van der Waals surface area contributed by atoms with Crippen LogP contribution in [0, 0.1) is 11.7 Å². The lowest BCUT2D eigenvalue weighted by Crippen LogP contribution is -2.36. The van der Waals surface area contributed by atoms with Gasteiger partial charge in [0.05, 0.1) is 11.0 Å². The molecule has 1 aliphatic rings. The van der Waals surface area contributed by atoms with E-state index in [1.165, 1.54) is 41.7 Å². The van der Waals surface area contributed by atoms with E-state index in [1.807, 2.05) is 12.1 Å². The summed E-state index contributed by atoms with van der Waals surface area (Å²) >= 11 is 4.79. The Morgan fingerprint density at radius 3 is 2.77 bits per heavy atom. The molecule has 1 fully saturated rings. The highest BCUT2D eigenvalue weighted by Crippen LogP contribution is 2.26. The van der Waals surface area contributed by atoms with Gasteiger partial charge >= 0.3 is 0 Å². The highest BCUT2D eigenvalue weighted by Gasteiger charge is 2.24. The first-order valence-electron chi connectivity index (χ1n) is 9.86. The first kappa shape index (κ1) is 22.6. The van der Waals surface area contributed by atoms with Gasteiger partial charge in [0.1, 0.15) is 5.82 Å². The van der Waals surface area contributed by atoms with Crippen molar-refractivity contribution in [3.05, 3.63) is 58.8 Å². The second kappa shape index (κ2) is 10.8. The lowest BCUT2D eigenvalue weighted by atomic mass is 10.1. The molecule has 1 saturated heterocycles. The Morgan fingerprint density at radius 1 is 1.27 bits per heavy atom. The molecule has 2 aromatic rings. The zero-order valence-corrected chi connectivity index (χ0v) is 19.1. The van der Waals surface area contributed by atoms with Crippen LogP contribution in [0.5, 0.6) is 0 Å². The van der Waals surface area contributed by atoms with Gasteiger partial charge < -0.3 is 15.5 Å². The molecule has 0 spiro atoms. The van der Waals surface area contributed by atoms with Crippen LogP contribution in [0.15, 0.2) is 53.0 Å². The third-order valence-corrected chi connectivity index (χ3v) is 6.62. The van der Waals surface area contributed by atoms with Gasteiger partial charge in [-0.3, -0.25) is 9.59 Å². The molecule has 30 heavy (non-hydrogen) atoms. The smallest absolute Gasteiger partial charge is 0.234 e. The summed E-state index contributed by atoms with van der Waals surface area (Å²) in [6, 6.07) is 13.8. The van der Waals surface area contributed by atoms with Crippen molar-refractivity contribution >= 4 is 50.9 Å². The average Bonchev–Trinajstić information content (AvgIpc) is 3.21. The maximum Gasteiger partial charge on any atom is 0.234 e. The van der Waals surface area contributed by atoms with Crippen molar-refractivity contribution in [1.82, 2.24) is 5.32 Å². The van der Waals surface area contributed by atoms with Gasteiger partial charge in [-0.05, 0) is 61.7 Å². The number of hydrogen-bond donors (Lipinski definition) is 2. The van der Waals surface area contributed by atoms with Crippen LogP contribution in [0.3, 0.4) is 0 Å². The van der Waals surface area contributed by atoms with E-state index in [9.17, 15) is 14.0 Å². The molecule has 2 unspecified atom stereocenters. The summed E-state index contributed by atoms with van der Waals surface area (Å²) in [5.74, 6) is -0.0599. The van der Waals surface area contributed by atoms with Gasteiger partial charge in [0.15, 0.2) is 0 Å². The molecule has 160 valence electrons. The van der Waals surface area contributed by atoms with Crippen molar-refractivity contribution in [1.29, 1.82) is 0 Å². The third-order valence-electron chi connectivity index (χ3n) is 4.99. The number of benzene rings is 2. The zero-order valence-electron chi connectivity index (χ0n) is 16.7. The van der Waals surface area contributed by atoms with Crippen LogP contribution in [-0.4, -0.2) is 42.5 Å². The zero-order chi connectivity index (χ0) is 21.5. The molecule has 3 rings (SSSR count). The summed E-state index contributed by atoms with van der Waals surface area (Å²) in [6.07, 6.45) is 1.04. The average molecular weight is 494 g/mol. The van der Waals surface area contributed by atoms with Crippen molar-refractivity contribution in [3.8, 4) is 0 Å². The number of carbonyl (C=O) groups is 2. The first-order valence-corrected chi connectivity index (χ1v) is 11.7. The number of anilines is 2. The maximum absolute atomic E-state index is 12.9. The fraction of sp³-hybridized carbons (Fsp3) is 0.364. The van der Waals surface area contributed by atoms with Crippen LogP contribution in [0.2, 0.25) is 0 Å². The largest absolute Gasteiger partial charge is 0.371 e. The Balaban J connectivity index is 1.36. The van der Waals surface area contributed by atoms with E-state index in [4.69, 9.17) is 0 Å². The van der Waals surface area contributed by atoms with E-state index >= 15 is 0 Å². The number of thioether (sulfide) groups is 1. The Morgan fingerprint density at radius 2 is 2.03 bits per heavy atom. The van der Waals surface area contributed by atoms with E-state index < -0.39 is 0 Å². The molecule has 1 aliphatic heterocycles. The minimum atomic E-state index is -0.352. The SMILES string of the molecule is CC(SCC(=O)Nc1ccc(F)cc1)C(=O)NCC1CCN(c2cccc(Br)c2)C1. The predicted molar refractivity (Wildman–Crippen MR) is 124 cm³/mol. The number of carbonyl (C=O) groups excluding carboxylic acids is 2. The number of nitrogens with zero attached hydrogens (tertiary/aromatic N) is 1. The summed E-state index contributed by atoms with van der Waals surface area (Å²) in [7, 11) is 0. The quantitative estimate of drug-likeness (QED) is 0.575. The number of hydrogen-bond acceptors (Lipinski definition) is 4. The van der Waals surface area contributed by atoms with Crippen molar-refractivity contribution in [2.75, 3.05) is 35.6 Å². The Hall–Kier alpha value is -2.06. The summed E-state index contributed by atoms with van der Waals surface area (Å²) in [4.78, 5) is 26.7. The van der Waals surface area contributed by atoms with E-state index in [0.717, 1.165) is 24.0 Å². The van der Waals surface area contributed by atoms with Gasteiger partial charge in [-0.2, -0.15) is 0 Å². The minimum absolute atomic E-state index is 0.0597. The molecule has 0 radical (unpaired) electrons. The van der Waals surface area contributed by atoms with Gasteiger partial charge in [-0.25, -0.2) is 4.39 Å². The molecular weight excluding hydrogens is 469 g/mol. The Labute approximate surface area is 188 Å². The van der Waals surface area contributed by atoms with Crippen LogP contribution >= 0.6 is 27.7 Å². The highest BCUT2D eigenvalue weighted by molar-refractivity contribution is 9.10. The van der Waals surface area contributed by atoms with Crippen molar-refractivity contribution in [2.24, 2.45) is 5.92 Å². The van der Waals surface area contributed by atoms with Gasteiger partial charge in [0, 0.05) is 35.5 Å². The Bertz CT molecular complexity index is 881. The van der Waals surface area contributed by atoms with E-state index in [1.54, 1.807) is 6.92 Å². The molecule has 0 aliphatic carbocycles. The number of rotatable bonds is 8. The van der Waals surface area contributed by atoms with Gasteiger partial charge in [-0.1, -0.05) is 22.0 Å². The minimum Gasteiger partial charge on any atom is -0.371 e. The van der Waals surface area contributed by atoms with Crippen LogP contribution < -0.4 is 15.5 Å².